The third-order valence-corrected chi connectivity index (χ3v) is 4.20. The molecule has 0 saturated carbocycles. The van der Waals surface area contributed by atoms with Gasteiger partial charge in [-0.15, -0.1) is 0 Å². The van der Waals surface area contributed by atoms with Gasteiger partial charge in [0.2, 0.25) is 0 Å². The summed E-state index contributed by atoms with van der Waals surface area (Å²) in [5, 5.41) is 10.7. The van der Waals surface area contributed by atoms with Gasteiger partial charge in [-0.2, -0.15) is 0 Å². The van der Waals surface area contributed by atoms with E-state index >= 15 is 0 Å². The van der Waals surface area contributed by atoms with Crippen LogP contribution in [-0.4, -0.2) is 36.5 Å². The van der Waals surface area contributed by atoms with Gasteiger partial charge in [0, 0.05) is 14.1 Å². The van der Waals surface area contributed by atoms with E-state index in [9.17, 15) is 14.7 Å². The number of rotatable bonds is 5. The van der Waals surface area contributed by atoms with E-state index in [0.717, 1.165) is 4.57 Å². The fraction of sp³-hybridized carbons (Fsp3) is 0.312. The number of fused-ring (bicyclic) bond motifs is 1. The highest BCUT2D eigenvalue weighted by atomic mass is 35.5. The maximum atomic E-state index is 12.1. The summed E-state index contributed by atoms with van der Waals surface area (Å²) in [7, 11) is 2.95. The van der Waals surface area contributed by atoms with Crippen molar-refractivity contribution in [3.8, 4) is 5.75 Å². The number of imidazole rings is 1. The summed E-state index contributed by atoms with van der Waals surface area (Å²) >= 11 is 6.00. The van der Waals surface area contributed by atoms with Crippen LogP contribution in [0.2, 0.25) is 5.02 Å². The number of halogens is 1. The van der Waals surface area contributed by atoms with Crippen molar-refractivity contribution in [2.75, 3.05) is 6.61 Å². The van der Waals surface area contributed by atoms with Crippen molar-refractivity contribution in [1.82, 2.24) is 18.7 Å². The van der Waals surface area contributed by atoms with Crippen molar-refractivity contribution >= 4 is 22.8 Å². The summed E-state index contributed by atoms with van der Waals surface area (Å²) in [6.07, 6.45) is 0.539. The molecule has 0 saturated heterocycles. The van der Waals surface area contributed by atoms with Crippen LogP contribution in [0, 0.1) is 0 Å². The number of aryl methyl sites for hydroxylation is 1. The summed E-state index contributed by atoms with van der Waals surface area (Å²) in [5.41, 5.74) is -0.409. The van der Waals surface area contributed by atoms with Crippen molar-refractivity contribution in [2.24, 2.45) is 14.1 Å². The molecule has 25 heavy (non-hydrogen) atoms. The lowest BCUT2D eigenvalue weighted by atomic mass is 10.3. The smallest absolute Gasteiger partial charge is 0.332 e. The van der Waals surface area contributed by atoms with Crippen LogP contribution in [0.5, 0.6) is 5.75 Å². The SMILES string of the molecule is Cn1c(=O)c2ncn(CC(O)COc3ccccc3Cl)c2n(C)c1=O. The second-order valence-electron chi connectivity index (χ2n) is 5.67. The molecule has 0 aliphatic rings. The van der Waals surface area contributed by atoms with Crippen LogP contribution in [0.25, 0.3) is 11.2 Å². The molecule has 8 nitrogen and oxygen atoms in total. The highest BCUT2D eigenvalue weighted by Crippen LogP contribution is 2.23. The summed E-state index contributed by atoms with van der Waals surface area (Å²) in [6, 6.07) is 6.96. The number of aliphatic hydroxyl groups is 1. The van der Waals surface area contributed by atoms with Gasteiger partial charge in [-0.25, -0.2) is 9.78 Å². The van der Waals surface area contributed by atoms with E-state index in [1.807, 2.05) is 0 Å². The van der Waals surface area contributed by atoms with Crippen molar-refractivity contribution in [1.29, 1.82) is 0 Å². The van der Waals surface area contributed by atoms with Gasteiger partial charge >= 0.3 is 5.69 Å². The zero-order valence-electron chi connectivity index (χ0n) is 13.7. The maximum Gasteiger partial charge on any atom is 0.332 e. The minimum absolute atomic E-state index is 0.00218. The number of nitrogens with zero attached hydrogens (tertiary/aromatic N) is 4. The molecule has 0 amide bonds. The second kappa shape index (κ2) is 6.73. The second-order valence-corrected chi connectivity index (χ2v) is 6.08. The van der Waals surface area contributed by atoms with Crippen molar-refractivity contribution < 1.29 is 9.84 Å². The Morgan fingerprint density at radius 3 is 2.68 bits per heavy atom. The van der Waals surface area contributed by atoms with Crippen molar-refractivity contribution in [3.05, 3.63) is 56.5 Å². The molecular weight excluding hydrogens is 348 g/mol. The first-order chi connectivity index (χ1) is 11.9. The molecule has 1 atom stereocenters. The molecular formula is C16H17ClN4O4. The molecule has 0 aliphatic carbocycles. The molecule has 0 bridgehead atoms. The molecule has 2 heterocycles. The zero-order chi connectivity index (χ0) is 18.1. The van der Waals surface area contributed by atoms with Gasteiger partial charge in [-0.1, -0.05) is 23.7 Å². The summed E-state index contributed by atoms with van der Waals surface area (Å²) in [4.78, 5) is 28.3. The Balaban J connectivity index is 1.83. The van der Waals surface area contributed by atoms with E-state index < -0.39 is 17.4 Å². The van der Waals surface area contributed by atoms with Crippen LogP contribution in [0.1, 0.15) is 0 Å². The number of aromatic nitrogens is 4. The van der Waals surface area contributed by atoms with Crippen molar-refractivity contribution in [2.45, 2.75) is 12.6 Å². The molecule has 1 unspecified atom stereocenters. The number of para-hydroxylation sites is 1. The Bertz CT molecular complexity index is 1040. The zero-order valence-corrected chi connectivity index (χ0v) is 14.5. The molecule has 2 aromatic heterocycles. The molecule has 9 heteroatoms. The number of benzene rings is 1. The fourth-order valence-corrected chi connectivity index (χ4v) is 2.79. The lowest BCUT2D eigenvalue weighted by Gasteiger charge is -2.15. The van der Waals surface area contributed by atoms with Gasteiger partial charge in [0.1, 0.15) is 24.1 Å². The average Bonchev–Trinajstić information content (AvgIpc) is 3.01. The first-order valence-electron chi connectivity index (χ1n) is 7.56. The Morgan fingerprint density at radius 2 is 1.96 bits per heavy atom. The number of hydrogen-bond donors (Lipinski definition) is 1. The molecule has 1 N–H and O–H groups in total. The lowest BCUT2D eigenvalue weighted by Crippen LogP contribution is -2.37. The van der Waals surface area contributed by atoms with E-state index in [2.05, 4.69) is 4.98 Å². The average molecular weight is 365 g/mol. The van der Waals surface area contributed by atoms with Gasteiger partial charge < -0.3 is 14.4 Å². The van der Waals surface area contributed by atoms with Crippen LogP contribution in [-0.2, 0) is 20.6 Å². The standard InChI is InChI=1S/C16H17ClN4O4/c1-19-14-13(15(23)20(2)16(19)24)18-9-21(14)7-10(22)8-25-12-6-4-3-5-11(12)17/h3-6,9-10,22H,7-8H2,1-2H3. The topological polar surface area (TPSA) is 91.3 Å². The molecule has 132 valence electrons. The molecule has 1 aromatic carbocycles. The van der Waals surface area contributed by atoms with Crippen LogP contribution in [0.3, 0.4) is 0 Å². The molecule has 0 aliphatic heterocycles. The minimum Gasteiger partial charge on any atom is -0.489 e. The maximum absolute atomic E-state index is 12.1. The molecule has 3 rings (SSSR count). The largest absolute Gasteiger partial charge is 0.489 e. The predicted octanol–water partition coefficient (Wildman–Crippen LogP) is 0.527. The lowest BCUT2D eigenvalue weighted by molar-refractivity contribution is 0.0932. The summed E-state index contributed by atoms with van der Waals surface area (Å²) < 4.78 is 9.38. The predicted molar refractivity (Wildman–Crippen MR) is 93.2 cm³/mol. The molecule has 0 fully saturated rings. The minimum atomic E-state index is -0.882. The highest BCUT2D eigenvalue weighted by Gasteiger charge is 2.16. The van der Waals surface area contributed by atoms with Gasteiger partial charge in [0.15, 0.2) is 5.52 Å². The summed E-state index contributed by atoms with van der Waals surface area (Å²) in [5.74, 6) is 0.472. The van der Waals surface area contributed by atoms with E-state index in [-0.39, 0.29) is 18.7 Å². The normalized spacial score (nSPS) is 12.5. The van der Waals surface area contributed by atoms with Crippen molar-refractivity contribution in [3.63, 3.8) is 0 Å². The fourth-order valence-electron chi connectivity index (χ4n) is 2.60. The number of hydrogen-bond acceptors (Lipinski definition) is 5. The van der Waals surface area contributed by atoms with Gasteiger partial charge in [0.05, 0.1) is 17.9 Å². The molecule has 0 radical (unpaired) electrons. The first kappa shape index (κ1) is 17.2. The van der Waals surface area contributed by atoms with E-state index in [4.69, 9.17) is 16.3 Å². The third-order valence-electron chi connectivity index (χ3n) is 3.88. The molecule has 0 spiro atoms. The van der Waals surface area contributed by atoms with E-state index in [1.165, 1.54) is 17.9 Å². The Labute approximate surface area is 147 Å². The molecule has 3 aromatic rings. The van der Waals surface area contributed by atoms with E-state index in [1.54, 1.807) is 35.9 Å². The first-order valence-corrected chi connectivity index (χ1v) is 7.94. The third kappa shape index (κ3) is 3.18. The van der Waals surface area contributed by atoms with Crippen LogP contribution in [0.4, 0.5) is 0 Å². The Hall–Kier alpha value is -2.58. The summed E-state index contributed by atoms with van der Waals surface area (Å²) in [6.45, 7) is 0.115. The number of ether oxygens (including phenoxy) is 1. The van der Waals surface area contributed by atoms with Crippen LogP contribution in [0.15, 0.2) is 40.2 Å². The highest BCUT2D eigenvalue weighted by molar-refractivity contribution is 6.32. The number of aliphatic hydroxyl groups excluding tert-OH is 1. The quantitative estimate of drug-likeness (QED) is 0.713. The van der Waals surface area contributed by atoms with Crippen LogP contribution < -0.4 is 16.0 Å². The Morgan fingerprint density at radius 1 is 1.24 bits per heavy atom. The van der Waals surface area contributed by atoms with Gasteiger partial charge in [0.25, 0.3) is 5.56 Å². The van der Waals surface area contributed by atoms with E-state index in [0.29, 0.717) is 16.4 Å². The monoisotopic (exact) mass is 364 g/mol. The van der Waals surface area contributed by atoms with Crippen LogP contribution >= 0.6 is 11.6 Å². The Kier molecular flexibility index (Phi) is 4.65. The van der Waals surface area contributed by atoms with Gasteiger partial charge in [-0.05, 0) is 12.1 Å². The van der Waals surface area contributed by atoms with Gasteiger partial charge in [-0.3, -0.25) is 13.9 Å².